The maximum Gasteiger partial charge on any atom is 0.0767 e. The van der Waals surface area contributed by atoms with Crippen LogP contribution in [0.25, 0.3) is 0 Å². The Kier molecular flexibility index (Phi) is 5.01. The lowest BCUT2D eigenvalue weighted by atomic mass is 10.3. The number of quaternary nitrogens is 1. The molecule has 0 rings (SSSR count). The van der Waals surface area contributed by atoms with Crippen molar-refractivity contribution >= 4 is 0 Å². The first kappa shape index (κ1) is 7.92. The average Bonchev–Trinajstić information content (AvgIpc) is 1.66. The highest BCUT2D eigenvalue weighted by atomic mass is 16.2. The number of aliphatic hydroxyl groups is 1. The van der Waals surface area contributed by atoms with Crippen molar-refractivity contribution in [3.63, 3.8) is 0 Å². The van der Waals surface area contributed by atoms with Crippen molar-refractivity contribution in [2.45, 2.75) is 12.8 Å². The smallest absolute Gasteiger partial charge is 0.0767 e. The largest absolute Gasteiger partial charge is 0.396 e. The molecular weight excluding hydrogens is 102 g/mol. The first-order valence-corrected chi connectivity index (χ1v) is 3.17. The van der Waals surface area contributed by atoms with Crippen molar-refractivity contribution in [2.24, 2.45) is 0 Å². The fraction of sp³-hybridized carbons (Fsp3) is 1.00. The van der Waals surface area contributed by atoms with Crippen LogP contribution in [0.1, 0.15) is 12.8 Å². The summed E-state index contributed by atoms with van der Waals surface area (Å²) in [6.45, 7) is 1.51. The van der Waals surface area contributed by atoms with Crippen LogP contribution in [0.15, 0.2) is 0 Å². The number of rotatable bonds is 4. The van der Waals surface area contributed by atoms with E-state index in [9.17, 15) is 0 Å². The van der Waals surface area contributed by atoms with Crippen LogP contribution in [-0.2, 0) is 0 Å². The molecule has 0 radical (unpaired) electrons. The van der Waals surface area contributed by atoms with E-state index in [-0.39, 0.29) is 0 Å². The lowest BCUT2D eigenvalue weighted by Crippen LogP contribution is -3.05. The van der Waals surface area contributed by atoms with E-state index in [1.165, 1.54) is 11.4 Å². The molecule has 0 aliphatic rings. The van der Waals surface area contributed by atoms with Gasteiger partial charge < -0.3 is 10.0 Å². The van der Waals surface area contributed by atoms with E-state index in [2.05, 4.69) is 14.1 Å². The summed E-state index contributed by atoms with van der Waals surface area (Å²) in [5.41, 5.74) is 0. The lowest BCUT2D eigenvalue weighted by molar-refractivity contribution is -0.858. The molecule has 8 heavy (non-hydrogen) atoms. The van der Waals surface area contributed by atoms with Crippen molar-refractivity contribution in [1.29, 1.82) is 0 Å². The van der Waals surface area contributed by atoms with Gasteiger partial charge in [0.15, 0.2) is 0 Å². The van der Waals surface area contributed by atoms with Gasteiger partial charge in [-0.15, -0.1) is 0 Å². The van der Waals surface area contributed by atoms with Gasteiger partial charge in [-0.1, -0.05) is 0 Å². The molecule has 0 fully saturated rings. The number of hydrogen-bond acceptors (Lipinski definition) is 1. The fourth-order valence-corrected chi connectivity index (χ4v) is 0.590. The van der Waals surface area contributed by atoms with E-state index in [0.717, 1.165) is 12.8 Å². The van der Waals surface area contributed by atoms with Gasteiger partial charge in [0.25, 0.3) is 0 Å². The Morgan fingerprint density at radius 3 is 2.25 bits per heavy atom. The van der Waals surface area contributed by atoms with Crippen molar-refractivity contribution in [3.8, 4) is 0 Å². The van der Waals surface area contributed by atoms with Crippen molar-refractivity contribution in [3.05, 3.63) is 0 Å². The van der Waals surface area contributed by atoms with Crippen LogP contribution in [0, 0.1) is 0 Å². The van der Waals surface area contributed by atoms with Gasteiger partial charge in [0.05, 0.1) is 20.6 Å². The molecule has 0 saturated heterocycles. The highest BCUT2D eigenvalue weighted by Crippen LogP contribution is 1.79. The minimum atomic E-state index is 0.341. The molecule has 2 N–H and O–H groups in total. The Hall–Kier alpha value is -0.0800. The average molecular weight is 118 g/mol. The number of unbranched alkanes of at least 4 members (excludes halogenated alkanes) is 1. The van der Waals surface area contributed by atoms with E-state index in [0.29, 0.717) is 6.61 Å². The Balaban J connectivity index is 2.72. The van der Waals surface area contributed by atoms with Crippen LogP contribution in [-0.4, -0.2) is 32.4 Å². The van der Waals surface area contributed by atoms with Crippen LogP contribution >= 0.6 is 0 Å². The van der Waals surface area contributed by atoms with Crippen molar-refractivity contribution in [1.82, 2.24) is 0 Å². The predicted octanol–water partition coefficient (Wildman–Crippen LogP) is -1.10. The maximum atomic E-state index is 8.37. The summed E-state index contributed by atoms with van der Waals surface area (Å²) >= 11 is 0. The Bertz CT molecular complexity index is 45.8. The minimum absolute atomic E-state index is 0.341. The molecule has 0 bridgehead atoms. The highest BCUT2D eigenvalue weighted by molar-refractivity contribution is 4.31. The fourth-order valence-electron chi connectivity index (χ4n) is 0.590. The van der Waals surface area contributed by atoms with Gasteiger partial charge in [-0.2, -0.15) is 0 Å². The molecule has 0 amide bonds. The third-order valence-electron chi connectivity index (χ3n) is 1.08. The topological polar surface area (TPSA) is 24.7 Å². The number of aliphatic hydroxyl groups excluding tert-OH is 1. The van der Waals surface area contributed by atoms with Crippen LogP contribution in [0.2, 0.25) is 0 Å². The van der Waals surface area contributed by atoms with Crippen molar-refractivity contribution < 1.29 is 10.0 Å². The summed E-state index contributed by atoms with van der Waals surface area (Å²) < 4.78 is 0. The van der Waals surface area contributed by atoms with Gasteiger partial charge in [0, 0.05) is 6.61 Å². The van der Waals surface area contributed by atoms with E-state index in [4.69, 9.17) is 5.11 Å². The monoisotopic (exact) mass is 118 g/mol. The molecule has 0 aromatic rings. The molecular formula is C6H16NO+. The van der Waals surface area contributed by atoms with Gasteiger partial charge in [-0.05, 0) is 12.8 Å². The molecule has 0 aromatic carbocycles. The zero-order valence-corrected chi connectivity index (χ0v) is 5.78. The summed E-state index contributed by atoms with van der Waals surface area (Å²) in [5, 5.41) is 8.37. The SMILES string of the molecule is C[NH+](C)CCCCO. The Labute approximate surface area is 51.1 Å². The second-order valence-electron chi connectivity index (χ2n) is 2.39. The Morgan fingerprint density at radius 2 is 1.88 bits per heavy atom. The third kappa shape index (κ3) is 5.92. The lowest BCUT2D eigenvalue weighted by Gasteiger charge is -2.04. The van der Waals surface area contributed by atoms with E-state index >= 15 is 0 Å². The summed E-state index contributed by atoms with van der Waals surface area (Å²) in [7, 11) is 4.24. The van der Waals surface area contributed by atoms with Crippen LogP contribution in [0.4, 0.5) is 0 Å². The first-order chi connectivity index (χ1) is 3.77. The third-order valence-corrected chi connectivity index (χ3v) is 1.08. The summed E-state index contributed by atoms with van der Waals surface area (Å²) in [6.07, 6.45) is 2.09. The van der Waals surface area contributed by atoms with Crippen LogP contribution in [0.3, 0.4) is 0 Å². The van der Waals surface area contributed by atoms with Gasteiger partial charge >= 0.3 is 0 Å². The molecule has 0 aliphatic heterocycles. The molecule has 0 unspecified atom stereocenters. The highest BCUT2D eigenvalue weighted by Gasteiger charge is 1.90. The van der Waals surface area contributed by atoms with Gasteiger partial charge in [-0.25, -0.2) is 0 Å². The molecule has 0 aliphatic carbocycles. The van der Waals surface area contributed by atoms with Crippen LogP contribution < -0.4 is 4.90 Å². The number of hydrogen-bond donors (Lipinski definition) is 2. The second kappa shape index (κ2) is 5.06. The molecule has 0 spiro atoms. The standard InChI is InChI=1S/C6H15NO/c1-7(2)5-3-4-6-8/h8H,3-6H2,1-2H3/p+1. The van der Waals surface area contributed by atoms with Crippen molar-refractivity contribution in [2.75, 3.05) is 27.2 Å². The van der Waals surface area contributed by atoms with E-state index in [1.807, 2.05) is 0 Å². The first-order valence-electron chi connectivity index (χ1n) is 3.17. The quantitative estimate of drug-likeness (QED) is 0.450. The molecule has 2 heteroatoms. The summed E-state index contributed by atoms with van der Waals surface area (Å²) in [4.78, 5) is 1.46. The Morgan fingerprint density at radius 1 is 1.25 bits per heavy atom. The van der Waals surface area contributed by atoms with Gasteiger partial charge in [-0.3, -0.25) is 0 Å². The molecule has 2 nitrogen and oxygen atoms in total. The maximum absolute atomic E-state index is 8.37. The van der Waals surface area contributed by atoms with Gasteiger partial charge in [0.1, 0.15) is 0 Å². The molecule has 0 atom stereocenters. The zero-order valence-electron chi connectivity index (χ0n) is 5.78. The van der Waals surface area contributed by atoms with Crippen LogP contribution in [0.5, 0.6) is 0 Å². The normalized spacial score (nSPS) is 10.5. The number of nitrogens with one attached hydrogen (secondary N) is 1. The van der Waals surface area contributed by atoms with E-state index < -0.39 is 0 Å². The molecule has 50 valence electrons. The predicted molar refractivity (Wildman–Crippen MR) is 34.0 cm³/mol. The van der Waals surface area contributed by atoms with E-state index in [1.54, 1.807) is 0 Å². The minimum Gasteiger partial charge on any atom is -0.396 e. The summed E-state index contributed by atoms with van der Waals surface area (Å²) in [6, 6.07) is 0. The molecule has 0 aromatic heterocycles. The van der Waals surface area contributed by atoms with Gasteiger partial charge in [0.2, 0.25) is 0 Å². The second-order valence-corrected chi connectivity index (χ2v) is 2.39. The zero-order chi connectivity index (χ0) is 6.41. The molecule has 0 saturated carbocycles. The molecule has 0 heterocycles. The summed E-state index contributed by atoms with van der Waals surface area (Å²) in [5.74, 6) is 0.